The van der Waals surface area contributed by atoms with Crippen LogP contribution >= 0.6 is 15.9 Å². The smallest absolute Gasteiger partial charge is 0.0677 e. The second kappa shape index (κ2) is 5.55. The van der Waals surface area contributed by atoms with E-state index < -0.39 is 0 Å². The van der Waals surface area contributed by atoms with E-state index in [1.54, 1.807) is 0 Å². The van der Waals surface area contributed by atoms with Crippen LogP contribution in [0, 0.1) is 24.2 Å². The lowest BCUT2D eigenvalue weighted by Gasteiger charge is -2.29. The van der Waals surface area contributed by atoms with E-state index in [9.17, 15) is 0 Å². The van der Waals surface area contributed by atoms with Crippen molar-refractivity contribution < 1.29 is 0 Å². The summed E-state index contributed by atoms with van der Waals surface area (Å²) in [5, 5.41) is 12.7. The topological polar surface area (TPSA) is 35.8 Å². The first kappa shape index (κ1) is 12.4. The molecule has 3 heteroatoms. The molecule has 17 heavy (non-hydrogen) atoms. The van der Waals surface area contributed by atoms with E-state index in [0.29, 0.717) is 6.04 Å². The van der Waals surface area contributed by atoms with Crippen LogP contribution < -0.4 is 5.32 Å². The van der Waals surface area contributed by atoms with Gasteiger partial charge in [-0.15, -0.1) is 0 Å². The Morgan fingerprint density at radius 2 is 2.12 bits per heavy atom. The molecule has 0 amide bonds. The number of nitrogens with one attached hydrogen (secondary N) is 1. The summed E-state index contributed by atoms with van der Waals surface area (Å²) < 4.78 is 1.12. The Labute approximate surface area is 111 Å². The van der Waals surface area contributed by atoms with Crippen molar-refractivity contribution in [3.63, 3.8) is 0 Å². The zero-order valence-corrected chi connectivity index (χ0v) is 11.6. The lowest BCUT2D eigenvalue weighted by atomic mass is 9.85. The molecular formula is C14H17BrN2. The number of hydrogen-bond acceptors (Lipinski definition) is 2. The van der Waals surface area contributed by atoms with Gasteiger partial charge < -0.3 is 5.32 Å². The van der Waals surface area contributed by atoms with Crippen LogP contribution in [0.4, 0.5) is 5.69 Å². The summed E-state index contributed by atoms with van der Waals surface area (Å²) in [6.07, 6.45) is 4.54. The normalized spacial score (nSPS) is 24.1. The largest absolute Gasteiger partial charge is 0.381 e. The molecule has 0 aliphatic heterocycles. The Balaban J connectivity index is 2.14. The Kier molecular flexibility index (Phi) is 4.06. The molecule has 1 aliphatic rings. The molecule has 0 radical (unpaired) electrons. The van der Waals surface area contributed by atoms with Crippen LogP contribution in [0.5, 0.6) is 0 Å². The summed E-state index contributed by atoms with van der Waals surface area (Å²) in [4.78, 5) is 0. The molecule has 2 unspecified atom stereocenters. The maximum Gasteiger partial charge on any atom is 0.0677 e. The van der Waals surface area contributed by atoms with Gasteiger partial charge in [0, 0.05) is 16.2 Å². The van der Waals surface area contributed by atoms with Crippen LogP contribution in [0.15, 0.2) is 22.7 Å². The SMILES string of the molecule is Cc1c(Br)cccc1NC1CCCCC1C#N. The van der Waals surface area contributed by atoms with Gasteiger partial charge in [0.2, 0.25) is 0 Å². The van der Waals surface area contributed by atoms with Gasteiger partial charge in [-0.2, -0.15) is 5.26 Å². The lowest BCUT2D eigenvalue weighted by molar-refractivity contribution is 0.388. The predicted molar refractivity (Wildman–Crippen MR) is 73.9 cm³/mol. The standard InChI is InChI=1S/C14H17BrN2/c1-10-12(15)6-4-8-13(10)17-14-7-3-2-5-11(14)9-16/h4,6,8,11,14,17H,2-3,5,7H2,1H3. The van der Waals surface area contributed by atoms with Gasteiger partial charge in [-0.05, 0) is 37.5 Å². The quantitative estimate of drug-likeness (QED) is 0.884. The predicted octanol–water partition coefficient (Wildman–Crippen LogP) is 4.25. The Bertz CT molecular complexity index is 436. The average Bonchev–Trinajstić information content (AvgIpc) is 2.35. The number of anilines is 1. The molecule has 1 aliphatic carbocycles. The third-order valence-corrected chi connectivity index (χ3v) is 4.40. The van der Waals surface area contributed by atoms with Crippen molar-refractivity contribution in [3.8, 4) is 6.07 Å². The van der Waals surface area contributed by atoms with E-state index >= 15 is 0 Å². The fourth-order valence-corrected chi connectivity index (χ4v) is 2.79. The maximum absolute atomic E-state index is 9.16. The highest BCUT2D eigenvalue weighted by molar-refractivity contribution is 9.10. The molecule has 1 N–H and O–H groups in total. The summed E-state index contributed by atoms with van der Waals surface area (Å²) in [5.41, 5.74) is 2.36. The molecular weight excluding hydrogens is 276 g/mol. The van der Waals surface area contributed by atoms with E-state index in [-0.39, 0.29) is 5.92 Å². The first-order valence-electron chi connectivity index (χ1n) is 6.13. The highest BCUT2D eigenvalue weighted by Gasteiger charge is 2.25. The summed E-state index contributed by atoms with van der Waals surface area (Å²) in [6, 6.07) is 8.90. The Morgan fingerprint density at radius 1 is 1.35 bits per heavy atom. The minimum Gasteiger partial charge on any atom is -0.381 e. The molecule has 2 rings (SSSR count). The molecule has 1 aromatic carbocycles. The molecule has 0 spiro atoms. The number of halogens is 1. The van der Waals surface area contributed by atoms with Gasteiger partial charge in [0.05, 0.1) is 12.0 Å². The van der Waals surface area contributed by atoms with Gasteiger partial charge >= 0.3 is 0 Å². The molecule has 0 saturated heterocycles. The van der Waals surface area contributed by atoms with Crippen LogP contribution in [-0.2, 0) is 0 Å². The number of nitriles is 1. The summed E-state index contributed by atoms with van der Waals surface area (Å²) in [6.45, 7) is 2.09. The van der Waals surface area contributed by atoms with Gasteiger partial charge in [0.1, 0.15) is 0 Å². The Morgan fingerprint density at radius 3 is 2.88 bits per heavy atom. The second-order valence-corrected chi connectivity index (χ2v) is 5.54. The second-order valence-electron chi connectivity index (χ2n) is 4.68. The fourth-order valence-electron chi connectivity index (χ4n) is 2.42. The van der Waals surface area contributed by atoms with E-state index in [0.717, 1.165) is 23.0 Å². The zero-order valence-electron chi connectivity index (χ0n) is 10.0. The minimum atomic E-state index is 0.155. The molecule has 90 valence electrons. The van der Waals surface area contributed by atoms with E-state index in [2.05, 4.69) is 40.3 Å². The van der Waals surface area contributed by atoms with Gasteiger partial charge in [-0.1, -0.05) is 34.8 Å². The van der Waals surface area contributed by atoms with E-state index in [1.807, 2.05) is 12.1 Å². The van der Waals surface area contributed by atoms with Crippen molar-refractivity contribution in [1.82, 2.24) is 0 Å². The molecule has 2 nitrogen and oxygen atoms in total. The van der Waals surface area contributed by atoms with E-state index in [4.69, 9.17) is 5.26 Å². The minimum absolute atomic E-state index is 0.155. The van der Waals surface area contributed by atoms with Gasteiger partial charge in [0.15, 0.2) is 0 Å². The molecule has 1 fully saturated rings. The summed E-state index contributed by atoms with van der Waals surface area (Å²) >= 11 is 3.54. The highest BCUT2D eigenvalue weighted by Crippen LogP contribution is 2.30. The Hall–Kier alpha value is -1.01. The summed E-state index contributed by atoms with van der Waals surface area (Å²) in [7, 11) is 0. The van der Waals surface area contributed by atoms with E-state index in [1.165, 1.54) is 18.4 Å². The average molecular weight is 293 g/mol. The van der Waals surface area contributed by atoms with Crippen molar-refractivity contribution in [2.24, 2.45) is 5.92 Å². The van der Waals surface area contributed by atoms with Crippen LogP contribution in [0.2, 0.25) is 0 Å². The summed E-state index contributed by atoms with van der Waals surface area (Å²) in [5.74, 6) is 0.155. The van der Waals surface area contributed by atoms with Crippen molar-refractivity contribution in [2.45, 2.75) is 38.6 Å². The van der Waals surface area contributed by atoms with Crippen LogP contribution in [-0.4, -0.2) is 6.04 Å². The van der Waals surface area contributed by atoms with Gasteiger partial charge in [-0.3, -0.25) is 0 Å². The third-order valence-electron chi connectivity index (χ3n) is 3.54. The molecule has 1 aromatic rings. The molecule has 1 saturated carbocycles. The van der Waals surface area contributed by atoms with Gasteiger partial charge in [-0.25, -0.2) is 0 Å². The lowest BCUT2D eigenvalue weighted by Crippen LogP contribution is -2.31. The zero-order chi connectivity index (χ0) is 12.3. The number of hydrogen-bond donors (Lipinski definition) is 1. The van der Waals surface area contributed by atoms with Crippen molar-refractivity contribution >= 4 is 21.6 Å². The monoisotopic (exact) mass is 292 g/mol. The van der Waals surface area contributed by atoms with Crippen LogP contribution in [0.1, 0.15) is 31.2 Å². The number of benzene rings is 1. The van der Waals surface area contributed by atoms with Gasteiger partial charge in [0.25, 0.3) is 0 Å². The first-order chi connectivity index (χ1) is 8.22. The molecule has 0 heterocycles. The highest BCUT2D eigenvalue weighted by atomic mass is 79.9. The maximum atomic E-state index is 9.16. The number of rotatable bonds is 2. The van der Waals surface area contributed by atoms with Crippen LogP contribution in [0.3, 0.4) is 0 Å². The van der Waals surface area contributed by atoms with Crippen molar-refractivity contribution in [1.29, 1.82) is 5.26 Å². The molecule has 0 aromatic heterocycles. The molecule has 2 atom stereocenters. The fraction of sp³-hybridized carbons (Fsp3) is 0.500. The third kappa shape index (κ3) is 2.81. The first-order valence-corrected chi connectivity index (χ1v) is 6.93. The van der Waals surface area contributed by atoms with Crippen molar-refractivity contribution in [3.05, 3.63) is 28.2 Å². The van der Waals surface area contributed by atoms with Crippen LogP contribution in [0.25, 0.3) is 0 Å². The molecule has 0 bridgehead atoms. The van der Waals surface area contributed by atoms with Crippen molar-refractivity contribution in [2.75, 3.05) is 5.32 Å². The number of nitrogens with zero attached hydrogens (tertiary/aromatic N) is 1.